The second kappa shape index (κ2) is 42.3. The Morgan fingerprint density at radius 3 is 1.25 bits per heavy atom. The van der Waals surface area contributed by atoms with Crippen LogP contribution < -0.4 is 0 Å². The van der Waals surface area contributed by atoms with E-state index in [9.17, 15) is 9.59 Å². The molecule has 0 spiro atoms. The summed E-state index contributed by atoms with van der Waals surface area (Å²) in [6, 6.07) is 0. The predicted molar refractivity (Wildman–Crippen MR) is 227 cm³/mol. The van der Waals surface area contributed by atoms with Gasteiger partial charge in [0.15, 0.2) is 0 Å². The van der Waals surface area contributed by atoms with E-state index in [1.54, 1.807) is 0 Å². The number of ether oxygens (including phenoxy) is 1. The second-order valence-electron chi connectivity index (χ2n) is 13.8. The summed E-state index contributed by atoms with van der Waals surface area (Å²) in [7, 11) is 0. The third-order valence-corrected chi connectivity index (χ3v) is 8.81. The van der Waals surface area contributed by atoms with E-state index in [2.05, 4.69) is 111 Å². The highest BCUT2D eigenvalue weighted by molar-refractivity contribution is 5.69. The second-order valence-corrected chi connectivity index (χ2v) is 13.8. The van der Waals surface area contributed by atoms with Crippen LogP contribution in [0.25, 0.3) is 0 Å². The molecule has 1 unspecified atom stereocenters. The van der Waals surface area contributed by atoms with Gasteiger partial charge in [-0.05, 0) is 103 Å². The number of hydrogen-bond acceptors (Lipinski definition) is 3. The molecule has 294 valence electrons. The average molecular weight is 719 g/mol. The minimum atomic E-state index is -0.716. The minimum absolute atomic E-state index is 0.0321. The topological polar surface area (TPSA) is 63.6 Å². The Morgan fingerprint density at radius 2 is 0.788 bits per heavy atom. The highest BCUT2D eigenvalue weighted by Gasteiger charge is 2.13. The number of carboxylic acids is 1. The van der Waals surface area contributed by atoms with Crippen LogP contribution in [0.4, 0.5) is 0 Å². The largest absolute Gasteiger partial charge is 0.481 e. The van der Waals surface area contributed by atoms with Gasteiger partial charge in [-0.25, -0.2) is 0 Å². The van der Waals surface area contributed by atoms with E-state index in [0.717, 1.165) is 116 Å². The Bertz CT molecular complexity index is 1040. The minimum Gasteiger partial charge on any atom is -0.481 e. The molecule has 0 fully saturated rings. The first-order valence-electron chi connectivity index (χ1n) is 21.2. The predicted octanol–water partition coefficient (Wildman–Crippen LogP) is 15.0. The lowest BCUT2D eigenvalue weighted by Gasteiger charge is -2.17. The van der Waals surface area contributed by atoms with Gasteiger partial charge in [0.2, 0.25) is 0 Å². The molecule has 0 amide bonds. The summed E-state index contributed by atoms with van der Waals surface area (Å²) < 4.78 is 5.97. The van der Waals surface area contributed by atoms with Crippen LogP contribution in [0.2, 0.25) is 0 Å². The molecule has 4 heteroatoms. The molecule has 0 rings (SSSR count). The molecular weight excluding hydrogens is 641 g/mol. The smallest absolute Gasteiger partial charge is 0.306 e. The van der Waals surface area contributed by atoms with E-state index in [-0.39, 0.29) is 18.5 Å². The Hall–Kier alpha value is -3.14. The zero-order valence-corrected chi connectivity index (χ0v) is 33.6. The quantitative estimate of drug-likeness (QED) is 0.0395. The maximum absolute atomic E-state index is 12.7. The summed E-state index contributed by atoms with van der Waals surface area (Å²) in [6.07, 6.45) is 62.9. The summed E-state index contributed by atoms with van der Waals surface area (Å²) in [4.78, 5) is 23.4. The van der Waals surface area contributed by atoms with Crippen molar-refractivity contribution in [2.45, 2.75) is 193 Å². The molecule has 0 heterocycles. The van der Waals surface area contributed by atoms with E-state index in [1.165, 1.54) is 44.9 Å². The molecule has 0 aromatic rings. The summed E-state index contributed by atoms with van der Waals surface area (Å²) in [6.45, 7) is 4.32. The van der Waals surface area contributed by atoms with Gasteiger partial charge in [0, 0.05) is 12.8 Å². The fourth-order valence-corrected chi connectivity index (χ4v) is 5.76. The van der Waals surface area contributed by atoms with Crippen molar-refractivity contribution in [1.29, 1.82) is 0 Å². The number of unbranched alkanes of at least 4 members (excludes halogenated alkanes) is 12. The van der Waals surface area contributed by atoms with Gasteiger partial charge in [-0.1, -0.05) is 169 Å². The summed E-state index contributed by atoms with van der Waals surface area (Å²) >= 11 is 0. The monoisotopic (exact) mass is 719 g/mol. The number of allylic oxidation sites excluding steroid dienone is 16. The number of rotatable bonds is 37. The fraction of sp³-hybridized carbons (Fsp3) is 0.625. The Balaban J connectivity index is 4.11. The van der Waals surface area contributed by atoms with Crippen LogP contribution in [0.15, 0.2) is 97.2 Å². The van der Waals surface area contributed by atoms with E-state index in [1.807, 2.05) is 0 Å². The lowest BCUT2D eigenvalue weighted by Crippen LogP contribution is -2.18. The molecule has 4 nitrogen and oxygen atoms in total. The van der Waals surface area contributed by atoms with Crippen molar-refractivity contribution in [2.75, 3.05) is 0 Å². The number of carboxylic acid groups (broad SMARTS) is 1. The van der Waals surface area contributed by atoms with Crippen LogP contribution in [0.1, 0.15) is 187 Å². The van der Waals surface area contributed by atoms with Crippen LogP contribution in [0, 0.1) is 0 Å². The molecule has 0 saturated carbocycles. The Labute approximate surface area is 321 Å². The van der Waals surface area contributed by atoms with Gasteiger partial charge in [-0.2, -0.15) is 0 Å². The maximum Gasteiger partial charge on any atom is 0.306 e. The van der Waals surface area contributed by atoms with Gasteiger partial charge in [-0.15, -0.1) is 0 Å². The molecule has 0 aromatic carbocycles. The number of carbonyl (C=O) groups excluding carboxylic acids is 1. The molecule has 1 atom stereocenters. The third kappa shape index (κ3) is 41.3. The fourth-order valence-electron chi connectivity index (χ4n) is 5.76. The van der Waals surface area contributed by atoms with Gasteiger partial charge in [0.25, 0.3) is 0 Å². The molecule has 0 radical (unpaired) electrons. The van der Waals surface area contributed by atoms with Crippen molar-refractivity contribution in [3.8, 4) is 0 Å². The zero-order chi connectivity index (χ0) is 37.8. The van der Waals surface area contributed by atoms with Crippen molar-refractivity contribution in [3.05, 3.63) is 97.2 Å². The van der Waals surface area contributed by atoms with Gasteiger partial charge >= 0.3 is 11.9 Å². The first-order valence-corrected chi connectivity index (χ1v) is 21.2. The lowest BCUT2D eigenvalue weighted by atomic mass is 10.0. The molecule has 0 aliphatic carbocycles. The van der Waals surface area contributed by atoms with Gasteiger partial charge in [0.05, 0.1) is 0 Å². The molecule has 52 heavy (non-hydrogen) atoms. The van der Waals surface area contributed by atoms with Gasteiger partial charge in [-0.3, -0.25) is 9.59 Å². The van der Waals surface area contributed by atoms with Crippen LogP contribution in [-0.2, 0) is 14.3 Å². The van der Waals surface area contributed by atoms with Crippen LogP contribution in [-0.4, -0.2) is 23.1 Å². The van der Waals surface area contributed by atoms with Gasteiger partial charge in [0.1, 0.15) is 6.10 Å². The van der Waals surface area contributed by atoms with E-state index in [4.69, 9.17) is 9.84 Å². The van der Waals surface area contributed by atoms with Crippen molar-refractivity contribution in [1.82, 2.24) is 0 Å². The van der Waals surface area contributed by atoms with Crippen molar-refractivity contribution in [3.63, 3.8) is 0 Å². The number of esters is 1. The summed E-state index contributed by atoms with van der Waals surface area (Å²) in [5, 5.41) is 8.83. The van der Waals surface area contributed by atoms with Crippen LogP contribution >= 0.6 is 0 Å². The van der Waals surface area contributed by atoms with Gasteiger partial charge < -0.3 is 9.84 Å². The van der Waals surface area contributed by atoms with E-state index < -0.39 is 5.97 Å². The third-order valence-electron chi connectivity index (χ3n) is 8.81. The van der Waals surface area contributed by atoms with E-state index >= 15 is 0 Å². The molecule has 0 aliphatic heterocycles. The first kappa shape index (κ1) is 48.9. The number of hydrogen-bond donors (Lipinski definition) is 1. The number of aliphatic carboxylic acids is 1. The lowest BCUT2D eigenvalue weighted by molar-refractivity contribution is -0.150. The Morgan fingerprint density at radius 1 is 0.423 bits per heavy atom. The first-order chi connectivity index (χ1) is 25.6. The zero-order valence-electron chi connectivity index (χ0n) is 33.6. The van der Waals surface area contributed by atoms with Crippen LogP contribution in [0.5, 0.6) is 0 Å². The molecule has 0 aromatic heterocycles. The van der Waals surface area contributed by atoms with Crippen LogP contribution in [0.3, 0.4) is 0 Å². The summed E-state index contributed by atoms with van der Waals surface area (Å²) in [5.74, 6) is -0.764. The highest BCUT2D eigenvalue weighted by Crippen LogP contribution is 2.17. The number of carbonyl (C=O) groups is 2. The Kier molecular flexibility index (Phi) is 39.7. The molecule has 0 bridgehead atoms. The SMILES string of the molecule is CC/C=C\C/C=C\C/C=C\C/C=C\CCCCCCCCCCC(=O)OC(CC/C=C\C/C=C\C/C=C\C/C=C\CC)CCCCCCCC(=O)O. The standard InChI is InChI=1S/C48H78O4/c1-3-5-7-9-11-13-15-17-18-19-20-21-22-23-24-26-28-30-32-37-41-45-48(51)52-46(43-39-35-33-36-40-44-47(49)50)42-38-34-31-29-27-25-16-14-12-10-8-6-4-2/h5-8,11-14,17-18,20-21,25,27,31,34,46H,3-4,9-10,15-16,19,22-24,26,28-30,32-33,35-45H2,1-2H3,(H,49,50)/b7-5-,8-6-,13-11-,14-12-,18-17-,21-20-,27-25-,34-31-. The molecular formula is C48H78O4. The molecule has 0 aliphatic rings. The summed E-state index contributed by atoms with van der Waals surface area (Å²) in [5.41, 5.74) is 0. The van der Waals surface area contributed by atoms with Crippen molar-refractivity contribution < 1.29 is 19.4 Å². The molecule has 1 N–H and O–H groups in total. The highest BCUT2D eigenvalue weighted by atomic mass is 16.5. The molecule has 0 saturated heterocycles. The van der Waals surface area contributed by atoms with E-state index in [0.29, 0.717) is 6.42 Å². The van der Waals surface area contributed by atoms with Crippen molar-refractivity contribution >= 4 is 11.9 Å². The van der Waals surface area contributed by atoms with Crippen molar-refractivity contribution in [2.24, 2.45) is 0 Å². The maximum atomic E-state index is 12.7. The average Bonchev–Trinajstić information content (AvgIpc) is 3.13. The normalized spacial score (nSPS) is 13.3.